The van der Waals surface area contributed by atoms with Gasteiger partial charge in [0.15, 0.2) is 0 Å². The molecular weight excluding hydrogens is 464 g/mol. The first-order valence-electron chi connectivity index (χ1n) is 10.9. The Balaban J connectivity index is 1.42. The lowest BCUT2D eigenvalue weighted by atomic mass is 10.0. The number of carboxylic acids is 1. The molecule has 2 fully saturated rings. The van der Waals surface area contributed by atoms with Gasteiger partial charge < -0.3 is 25.0 Å². The van der Waals surface area contributed by atoms with Gasteiger partial charge in [0, 0.05) is 31.8 Å². The van der Waals surface area contributed by atoms with Gasteiger partial charge in [-0.1, -0.05) is 30.3 Å². The highest BCUT2D eigenvalue weighted by Crippen LogP contribution is 2.35. The van der Waals surface area contributed by atoms with Gasteiger partial charge in [-0.3, -0.25) is 18.7 Å². The summed E-state index contributed by atoms with van der Waals surface area (Å²) in [6.07, 6.45) is -0.543. The lowest BCUT2D eigenvalue weighted by molar-refractivity contribution is -0.151. The molecule has 0 aromatic heterocycles. The van der Waals surface area contributed by atoms with Crippen LogP contribution >= 0.6 is 0 Å². The minimum atomic E-state index is -1.68. The predicted octanol–water partition coefficient (Wildman–Crippen LogP) is -0.633. The van der Waals surface area contributed by atoms with E-state index in [1.807, 2.05) is 13.1 Å². The van der Waals surface area contributed by atoms with E-state index >= 15 is 0 Å². The van der Waals surface area contributed by atoms with E-state index in [1.165, 1.54) is 4.90 Å². The van der Waals surface area contributed by atoms with Crippen LogP contribution in [0.5, 0.6) is 0 Å². The SMILES string of the molecule is CN1CCN(C(=O)OCC2=C(C(=O)O)N3C(=O)C(NC(=O)Cc4ccccc4)[C@H]3S(=O)C2)CC1. The fourth-order valence-corrected chi connectivity index (χ4v) is 5.87. The number of piperazine rings is 1. The van der Waals surface area contributed by atoms with E-state index in [0.717, 1.165) is 10.5 Å². The predicted molar refractivity (Wildman–Crippen MR) is 121 cm³/mol. The molecule has 2 N–H and O–H groups in total. The zero-order chi connectivity index (χ0) is 24.4. The summed E-state index contributed by atoms with van der Waals surface area (Å²) in [5.41, 5.74) is 0.519. The topological polar surface area (TPSA) is 137 Å². The number of fused-ring (bicyclic) bond motifs is 1. The fraction of sp³-hybridized carbons (Fsp3) is 0.455. The van der Waals surface area contributed by atoms with Gasteiger partial charge in [0.05, 0.1) is 23.0 Å². The van der Waals surface area contributed by atoms with Gasteiger partial charge in [-0.15, -0.1) is 0 Å². The molecule has 1 aromatic rings. The molecule has 11 nitrogen and oxygen atoms in total. The van der Waals surface area contributed by atoms with Crippen LogP contribution in [0, 0.1) is 0 Å². The number of aliphatic carboxylic acids is 1. The number of nitrogens with zero attached hydrogens (tertiary/aromatic N) is 3. The number of likely N-dealkylation sites (N-methyl/N-ethyl adjacent to an activating group) is 1. The molecular formula is C22H26N4O7S. The molecule has 34 heavy (non-hydrogen) atoms. The van der Waals surface area contributed by atoms with E-state index in [4.69, 9.17) is 4.74 Å². The van der Waals surface area contributed by atoms with Gasteiger partial charge in [-0.2, -0.15) is 0 Å². The molecule has 3 heterocycles. The second kappa shape index (κ2) is 9.94. The molecule has 2 unspecified atom stereocenters. The van der Waals surface area contributed by atoms with Crippen molar-refractivity contribution in [1.29, 1.82) is 0 Å². The van der Waals surface area contributed by atoms with Crippen LogP contribution in [-0.4, -0.2) is 105 Å². The second-order valence-corrected chi connectivity index (χ2v) is 9.97. The highest BCUT2D eigenvalue weighted by molar-refractivity contribution is 7.86. The van der Waals surface area contributed by atoms with Crippen LogP contribution in [0.15, 0.2) is 41.6 Å². The van der Waals surface area contributed by atoms with Gasteiger partial charge in [-0.25, -0.2) is 9.59 Å². The van der Waals surface area contributed by atoms with Gasteiger partial charge >= 0.3 is 12.1 Å². The van der Waals surface area contributed by atoms with Crippen molar-refractivity contribution in [3.63, 3.8) is 0 Å². The van der Waals surface area contributed by atoms with Crippen molar-refractivity contribution in [2.75, 3.05) is 45.6 Å². The Bertz CT molecular complexity index is 1050. The molecule has 0 aliphatic carbocycles. The summed E-state index contributed by atoms with van der Waals surface area (Å²) in [5, 5.41) is 11.4. The minimum absolute atomic E-state index is 0.0408. The van der Waals surface area contributed by atoms with Crippen molar-refractivity contribution in [1.82, 2.24) is 20.0 Å². The van der Waals surface area contributed by atoms with E-state index in [1.54, 1.807) is 24.3 Å². The van der Waals surface area contributed by atoms with Crippen molar-refractivity contribution in [2.24, 2.45) is 0 Å². The fourth-order valence-electron chi connectivity index (χ4n) is 4.20. The van der Waals surface area contributed by atoms with Crippen LogP contribution in [0.25, 0.3) is 0 Å². The Morgan fingerprint density at radius 1 is 1.15 bits per heavy atom. The summed E-state index contributed by atoms with van der Waals surface area (Å²) < 4.78 is 18.2. The van der Waals surface area contributed by atoms with Crippen molar-refractivity contribution < 1.29 is 33.2 Å². The zero-order valence-corrected chi connectivity index (χ0v) is 19.5. The first-order valence-corrected chi connectivity index (χ1v) is 12.2. The van der Waals surface area contributed by atoms with Crippen LogP contribution < -0.4 is 5.32 Å². The van der Waals surface area contributed by atoms with E-state index in [0.29, 0.717) is 26.2 Å². The number of nitrogens with one attached hydrogen (secondary N) is 1. The summed E-state index contributed by atoms with van der Waals surface area (Å²) in [4.78, 5) is 54.0. The number of carbonyl (C=O) groups excluding carboxylic acids is 3. The maximum atomic E-state index is 12.9. The first-order chi connectivity index (χ1) is 16.3. The van der Waals surface area contributed by atoms with E-state index < -0.39 is 46.1 Å². The largest absolute Gasteiger partial charge is 0.477 e. The van der Waals surface area contributed by atoms with Crippen molar-refractivity contribution >= 4 is 34.7 Å². The monoisotopic (exact) mass is 490 g/mol. The molecule has 2 saturated heterocycles. The highest BCUT2D eigenvalue weighted by Gasteiger charge is 2.57. The van der Waals surface area contributed by atoms with Gasteiger partial charge in [0.1, 0.15) is 23.7 Å². The number of rotatable bonds is 6. The number of benzene rings is 1. The van der Waals surface area contributed by atoms with Gasteiger partial charge in [-0.05, 0) is 12.6 Å². The summed E-state index contributed by atoms with van der Waals surface area (Å²) in [7, 11) is 0.270. The van der Waals surface area contributed by atoms with Crippen LogP contribution in [0.4, 0.5) is 4.79 Å². The van der Waals surface area contributed by atoms with Crippen molar-refractivity contribution in [2.45, 2.75) is 17.8 Å². The quantitative estimate of drug-likeness (QED) is 0.503. The minimum Gasteiger partial charge on any atom is -0.477 e. The number of hydrogen-bond donors (Lipinski definition) is 2. The lowest BCUT2D eigenvalue weighted by Gasteiger charge is -2.49. The molecule has 1 aromatic carbocycles. The molecule has 182 valence electrons. The molecule has 12 heteroatoms. The number of amides is 3. The van der Waals surface area contributed by atoms with Crippen LogP contribution in [0.2, 0.25) is 0 Å². The van der Waals surface area contributed by atoms with Crippen LogP contribution in [0.3, 0.4) is 0 Å². The third-order valence-corrected chi connectivity index (χ3v) is 7.72. The third kappa shape index (κ3) is 4.82. The van der Waals surface area contributed by atoms with Gasteiger partial charge in [0.25, 0.3) is 5.91 Å². The molecule has 3 aliphatic rings. The standard InChI is InChI=1S/C22H26N4O7S/c1-24-7-9-25(10-8-24)22(31)33-12-15-13-34(32)20-17(19(28)26(20)18(15)21(29)30)23-16(27)11-14-5-3-2-4-6-14/h2-6,17,20H,7-13H2,1H3,(H,23,27)(H,29,30)/t17?,20-,34?/m1/s1. The maximum Gasteiger partial charge on any atom is 0.410 e. The number of ether oxygens (including phenoxy) is 1. The van der Waals surface area contributed by atoms with E-state index in [9.17, 15) is 28.5 Å². The average molecular weight is 491 g/mol. The highest BCUT2D eigenvalue weighted by atomic mass is 32.2. The summed E-state index contributed by atoms with van der Waals surface area (Å²) in [6, 6.07) is 7.87. The number of hydrogen-bond acceptors (Lipinski definition) is 7. The Labute approximate surface area is 198 Å². The second-order valence-electron chi connectivity index (χ2n) is 8.43. The summed E-state index contributed by atoms with van der Waals surface area (Å²) in [5.74, 6) is -2.62. The van der Waals surface area contributed by atoms with Crippen LogP contribution in [-0.2, 0) is 36.3 Å². The molecule has 3 atom stereocenters. The Morgan fingerprint density at radius 3 is 2.47 bits per heavy atom. The van der Waals surface area contributed by atoms with E-state index in [-0.39, 0.29) is 30.1 Å². The number of carbonyl (C=O) groups is 4. The van der Waals surface area contributed by atoms with E-state index in [2.05, 4.69) is 10.2 Å². The smallest absolute Gasteiger partial charge is 0.410 e. The summed E-state index contributed by atoms with van der Waals surface area (Å²) >= 11 is 0. The molecule has 3 amide bonds. The normalized spacial score (nSPS) is 24.9. The van der Waals surface area contributed by atoms with Gasteiger partial charge in [0.2, 0.25) is 5.91 Å². The molecule has 0 saturated carbocycles. The molecule has 0 radical (unpaired) electrons. The zero-order valence-electron chi connectivity index (χ0n) is 18.6. The Morgan fingerprint density at radius 2 is 1.82 bits per heavy atom. The van der Waals surface area contributed by atoms with Crippen LogP contribution in [0.1, 0.15) is 5.56 Å². The molecule has 0 bridgehead atoms. The average Bonchev–Trinajstić information content (AvgIpc) is 2.81. The molecule has 4 rings (SSSR count). The Hall–Kier alpha value is -3.25. The molecule has 0 spiro atoms. The number of β-lactam (4-membered cyclic amide) rings is 1. The number of carboxylic acid groups (broad SMARTS) is 1. The lowest BCUT2D eigenvalue weighted by Crippen LogP contribution is -2.73. The van der Waals surface area contributed by atoms with Crippen molar-refractivity contribution in [3.05, 3.63) is 47.2 Å². The maximum absolute atomic E-state index is 12.9. The Kier molecular flexibility index (Phi) is 6.98. The molecule has 3 aliphatic heterocycles. The first kappa shape index (κ1) is 23.9. The third-order valence-electron chi connectivity index (χ3n) is 6.06. The van der Waals surface area contributed by atoms with Crippen molar-refractivity contribution in [3.8, 4) is 0 Å². The summed E-state index contributed by atoms with van der Waals surface area (Å²) in [6.45, 7) is 2.00.